The third kappa shape index (κ3) is 6.30. The first-order valence-corrected chi connectivity index (χ1v) is 9.99. The molecule has 0 spiro atoms. The number of amides is 3. The van der Waals surface area contributed by atoms with Crippen LogP contribution in [-0.4, -0.2) is 33.2 Å². The first kappa shape index (κ1) is 20.2. The summed E-state index contributed by atoms with van der Waals surface area (Å²) in [6.45, 7) is 1.78. The Balaban J connectivity index is 2.05. The third-order valence-corrected chi connectivity index (χ3v) is 4.99. The van der Waals surface area contributed by atoms with Gasteiger partial charge in [0.1, 0.15) is 0 Å². The molecule has 0 aliphatic heterocycles. The molecule has 0 unspecified atom stereocenters. The highest BCUT2D eigenvalue weighted by molar-refractivity contribution is 7.92. The van der Waals surface area contributed by atoms with Crippen LogP contribution in [-0.2, 0) is 10.0 Å². The fourth-order valence-electron chi connectivity index (χ4n) is 2.26. The summed E-state index contributed by atoms with van der Waals surface area (Å²) in [5.41, 5.74) is 1.78. The molecule has 0 aliphatic rings. The molecular weight excluding hydrogens is 368 g/mol. The SMILES string of the molecule is CCCS(=O)(=O)Nc1cccc(C(=O)Nc2ccc(NC(=O)NC)cc2)c1. The molecule has 2 rings (SSSR count). The van der Waals surface area contributed by atoms with Gasteiger partial charge in [-0.3, -0.25) is 9.52 Å². The molecule has 144 valence electrons. The van der Waals surface area contributed by atoms with Gasteiger partial charge in [0.25, 0.3) is 5.91 Å². The number of urea groups is 1. The Morgan fingerprint density at radius 3 is 2.15 bits per heavy atom. The van der Waals surface area contributed by atoms with Crippen molar-refractivity contribution in [3.63, 3.8) is 0 Å². The van der Waals surface area contributed by atoms with Gasteiger partial charge < -0.3 is 16.0 Å². The molecule has 2 aromatic rings. The summed E-state index contributed by atoms with van der Waals surface area (Å²) in [5, 5.41) is 7.78. The van der Waals surface area contributed by atoms with Gasteiger partial charge in [-0.1, -0.05) is 13.0 Å². The maximum atomic E-state index is 12.4. The molecule has 9 heteroatoms. The van der Waals surface area contributed by atoms with Gasteiger partial charge in [0, 0.05) is 29.7 Å². The Morgan fingerprint density at radius 1 is 0.926 bits per heavy atom. The largest absolute Gasteiger partial charge is 0.341 e. The van der Waals surface area contributed by atoms with Crippen LogP contribution in [0.2, 0.25) is 0 Å². The minimum Gasteiger partial charge on any atom is -0.341 e. The van der Waals surface area contributed by atoms with Crippen molar-refractivity contribution in [2.24, 2.45) is 0 Å². The fraction of sp³-hybridized carbons (Fsp3) is 0.222. The quantitative estimate of drug-likeness (QED) is 0.582. The van der Waals surface area contributed by atoms with Crippen molar-refractivity contribution < 1.29 is 18.0 Å². The molecule has 0 saturated carbocycles. The van der Waals surface area contributed by atoms with E-state index >= 15 is 0 Å². The molecule has 4 N–H and O–H groups in total. The van der Waals surface area contributed by atoms with Crippen LogP contribution in [0.3, 0.4) is 0 Å². The third-order valence-electron chi connectivity index (χ3n) is 3.50. The number of hydrogen-bond acceptors (Lipinski definition) is 4. The van der Waals surface area contributed by atoms with Crippen LogP contribution in [0.5, 0.6) is 0 Å². The molecule has 0 fully saturated rings. The Labute approximate surface area is 158 Å². The molecule has 0 saturated heterocycles. The summed E-state index contributed by atoms with van der Waals surface area (Å²) in [7, 11) is -1.91. The topological polar surface area (TPSA) is 116 Å². The number of carbonyl (C=O) groups is 2. The monoisotopic (exact) mass is 390 g/mol. The molecule has 3 amide bonds. The standard InChI is InChI=1S/C18H22N4O4S/c1-3-11-27(25,26)22-16-6-4-5-13(12-16)17(23)20-14-7-9-15(10-8-14)21-18(24)19-2/h4-10,12,22H,3,11H2,1-2H3,(H,20,23)(H2,19,21,24). The van der Waals surface area contributed by atoms with E-state index < -0.39 is 10.0 Å². The number of anilines is 3. The second-order valence-electron chi connectivity index (χ2n) is 5.74. The lowest BCUT2D eigenvalue weighted by atomic mass is 10.2. The van der Waals surface area contributed by atoms with Crippen molar-refractivity contribution >= 4 is 39.0 Å². The highest BCUT2D eigenvalue weighted by Crippen LogP contribution is 2.17. The van der Waals surface area contributed by atoms with Crippen molar-refractivity contribution in [2.45, 2.75) is 13.3 Å². The molecule has 0 aromatic heterocycles. The summed E-state index contributed by atoms with van der Waals surface area (Å²) in [6.07, 6.45) is 0.500. The number of nitrogens with one attached hydrogen (secondary N) is 4. The molecular formula is C18H22N4O4S. The van der Waals surface area contributed by atoms with Gasteiger partial charge in [0.05, 0.1) is 5.75 Å². The first-order valence-electron chi connectivity index (χ1n) is 8.33. The van der Waals surface area contributed by atoms with Crippen LogP contribution in [0.15, 0.2) is 48.5 Å². The summed E-state index contributed by atoms with van der Waals surface area (Å²) in [4.78, 5) is 23.7. The zero-order valence-electron chi connectivity index (χ0n) is 15.1. The summed E-state index contributed by atoms with van der Waals surface area (Å²) < 4.78 is 26.2. The highest BCUT2D eigenvalue weighted by Gasteiger charge is 2.11. The first-order chi connectivity index (χ1) is 12.8. The number of carbonyl (C=O) groups excluding carboxylic acids is 2. The van der Waals surface area contributed by atoms with Crippen LogP contribution in [0.1, 0.15) is 23.7 Å². The van der Waals surface area contributed by atoms with Crippen molar-refractivity contribution in [1.82, 2.24) is 5.32 Å². The second-order valence-corrected chi connectivity index (χ2v) is 7.58. The Hall–Kier alpha value is -3.07. The van der Waals surface area contributed by atoms with Crippen LogP contribution < -0.4 is 20.7 Å². The maximum absolute atomic E-state index is 12.4. The van der Waals surface area contributed by atoms with E-state index in [4.69, 9.17) is 0 Å². The van der Waals surface area contributed by atoms with E-state index in [0.717, 1.165) is 0 Å². The molecule has 8 nitrogen and oxygen atoms in total. The molecule has 0 radical (unpaired) electrons. The summed E-state index contributed by atoms with van der Waals surface area (Å²) >= 11 is 0. The van der Waals surface area contributed by atoms with E-state index in [-0.39, 0.29) is 17.7 Å². The van der Waals surface area contributed by atoms with Gasteiger partial charge in [-0.05, 0) is 48.9 Å². The molecule has 2 aromatic carbocycles. The van der Waals surface area contributed by atoms with E-state index in [0.29, 0.717) is 29.0 Å². The predicted octanol–water partition coefficient (Wildman–Crippen LogP) is 2.84. The lowest BCUT2D eigenvalue weighted by Gasteiger charge is -2.10. The van der Waals surface area contributed by atoms with E-state index in [1.807, 2.05) is 0 Å². The average molecular weight is 390 g/mol. The van der Waals surface area contributed by atoms with Gasteiger partial charge >= 0.3 is 6.03 Å². The van der Waals surface area contributed by atoms with Crippen molar-refractivity contribution in [2.75, 3.05) is 28.2 Å². The number of benzene rings is 2. The number of sulfonamides is 1. The lowest BCUT2D eigenvalue weighted by Crippen LogP contribution is -2.24. The molecule has 0 aliphatic carbocycles. The Kier molecular flexibility index (Phi) is 6.78. The zero-order chi connectivity index (χ0) is 19.9. The van der Waals surface area contributed by atoms with Crippen LogP contribution in [0.4, 0.5) is 21.9 Å². The summed E-state index contributed by atoms with van der Waals surface area (Å²) in [6, 6.07) is 12.5. The lowest BCUT2D eigenvalue weighted by molar-refractivity contribution is 0.102. The molecule has 0 atom stereocenters. The van der Waals surface area contributed by atoms with Crippen LogP contribution >= 0.6 is 0 Å². The molecule has 27 heavy (non-hydrogen) atoms. The zero-order valence-corrected chi connectivity index (χ0v) is 15.9. The van der Waals surface area contributed by atoms with E-state index in [1.54, 1.807) is 49.4 Å². The van der Waals surface area contributed by atoms with E-state index in [2.05, 4.69) is 20.7 Å². The molecule has 0 bridgehead atoms. The van der Waals surface area contributed by atoms with E-state index in [1.165, 1.54) is 13.1 Å². The van der Waals surface area contributed by atoms with Crippen molar-refractivity contribution in [3.05, 3.63) is 54.1 Å². The van der Waals surface area contributed by atoms with Crippen molar-refractivity contribution in [1.29, 1.82) is 0 Å². The predicted molar refractivity (Wildman–Crippen MR) is 107 cm³/mol. The van der Waals surface area contributed by atoms with Crippen molar-refractivity contribution in [3.8, 4) is 0 Å². The van der Waals surface area contributed by atoms with Crippen LogP contribution in [0, 0.1) is 0 Å². The molecule has 0 heterocycles. The normalized spacial score (nSPS) is 10.7. The second kappa shape index (κ2) is 9.04. The van der Waals surface area contributed by atoms with Gasteiger partial charge in [-0.15, -0.1) is 0 Å². The number of rotatable bonds is 7. The Morgan fingerprint density at radius 2 is 1.56 bits per heavy atom. The van der Waals surface area contributed by atoms with E-state index in [9.17, 15) is 18.0 Å². The number of hydrogen-bond donors (Lipinski definition) is 4. The maximum Gasteiger partial charge on any atom is 0.318 e. The smallest absolute Gasteiger partial charge is 0.318 e. The minimum absolute atomic E-state index is 0.0138. The van der Waals surface area contributed by atoms with Gasteiger partial charge in [0.15, 0.2) is 0 Å². The van der Waals surface area contributed by atoms with Gasteiger partial charge in [-0.25, -0.2) is 13.2 Å². The minimum atomic E-state index is -3.42. The highest BCUT2D eigenvalue weighted by atomic mass is 32.2. The van der Waals surface area contributed by atoms with Gasteiger partial charge in [-0.2, -0.15) is 0 Å². The van der Waals surface area contributed by atoms with Gasteiger partial charge in [0.2, 0.25) is 10.0 Å². The fourth-order valence-corrected chi connectivity index (χ4v) is 3.38. The average Bonchev–Trinajstić information content (AvgIpc) is 2.63. The Bertz CT molecular complexity index is 911. The van der Waals surface area contributed by atoms with Crippen LogP contribution in [0.25, 0.3) is 0 Å². The summed E-state index contributed by atoms with van der Waals surface area (Å²) in [5.74, 6) is -0.363.